The average Bonchev–Trinajstić information content (AvgIpc) is 2.48. The van der Waals surface area contributed by atoms with Crippen LogP contribution in [0.4, 0.5) is 5.69 Å². The van der Waals surface area contributed by atoms with E-state index in [2.05, 4.69) is 28.1 Å². The zero-order valence-electron chi connectivity index (χ0n) is 12.0. The Balaban J connectivity index is 2.36. The highest BCUT2D eigenvalue weighted by atomic mass is 79.9. The molecule has 0 saturated carbocycles. The maximum Gasteiger partial charge on any atom is 0.0992 e. The van der Waals surface area contributed by atoms with Gasteiger partial charge in [0.05, 0.1) is 17.7 Å². The Kier molecular flexibility index (Phi) is 5.00. The molecule has 0 spiro atoms. The van der Waals surface area contributed by atoms with E-state index in [4.69, 9.17) is 5.26 Å². The van der Waals surface area contributed by atoms with Gasteiger partial charge in [-0.15, -0.1) is 0 Å². The number of aliphatic hydroxyl groups excluding tert-OH is 1. The van der Waals surface area contributed by atoms with Crippen LogP contribution < -0.4 is 4.90 Å². The molecule has 108 valence electrons. The smallest absolute Gasteiger partial charge is 0.0992 e. The van der Waals surface area contributed by atoms with Crippen molar-refractivity contribution in [3.05, 3.63) is 63.6 Å². The number of benzene rings is 2. The molecule has 0 aliphatic heterocycles. The van der Waals surface area contributed by atoms with Gasteiger partial charge in [0, 0.05) is 29.3 Å². The first-order chi connectivity index (χ1) is 10.0. The molecule has 0 heterocycles. The van der Waals surface area contributed by atoms with Crippen LogP contribution in [0.25, 0.3) is 0 Å². The van der Waals surface area contributed by atoms with Gasteiger partial charge in [-0.3, -0.25) is 0 Å². The van der Waals surface area contributed by atoms with Crippen LogP contribution in [0.15, 0.2) is 46.9 Å². The van der Waals surface area contributed by atoms with Gasteiger partial charge < -0.3 is 10.0 Å². The number of rotatable bonds is 4. The molecular weight excluding hydrogens is 328 g/mol. The van der Waals surface area contributed by atoms with E-state index in [1.165, 1.54) is 0 Å². The molecule has 0 amide bonds. The van der Waals surface area contributed by atoms with Crippen LogP contribution in [0.5, 0.6) is 0 Å². The van der Waals surface area contributed by atoms with E-state index in [1.807, 2.05) is 42.3 Å². The first-order valence-corrected chi connectivity index (χ1v) is 7.49. The van der Waals surface area contributed by atoms with E-state index in [1.54, 1.807) is 13.0 Å². The first kappa shape index (κ1) is 15.6. The molecule has 3 nitrogen and oxygen atoms in total. The number of anilines is 1. The molecule has 2 rings (SSSR count). The Hall–Kier alpha value is -1.83. The van der Waals surface area contributed by atoms with Gasteiger partial charge >= 0.3 is 0 Å². The summed E-state index contributed by atoms with van der Waals surface area (Å²) in [7, 11) is 1.96. The number of nitrogens with zero attached hydrogens (tertiary/aromatic N) is 2. The molecule has 0 radical (unpaired) electrons. The van der Waals surface area contributed by atoms with E-state index in [0.29, 0.717) is 12.1 Å². The molecule has 0 aromatic heterocycles. The predicted octanol–water partition coefficient (Wildman–Crippen LogP) is 4.01. The largest absolute Gasteiger partial charge is 0.389 e. The molecular formula is C17H17BrN2O. The molecule has 0 unspecified atom stereocenters. The third kappa shape index (κ3) is 3.63. The summed E-state index contributed by atoms with van der Waals surface area (Å²) in [6.45, 7) is 2.42. The van der Waals surface area contributed by atoms with Crippen molar-refractivity contribution in [1.82, 2.24) is 0 Å². The molecule has 1 atom stereocenters. The van der Waals surface area contributed by atoms with Crippen molar-refractivity contribution in [2.24, 2.45) is 0 Å². The van der Waals surface area contributed by atoms with Crippen LogP contribution in [0, 0.1) is 11.3 Å². The van der Waals surface area contributed by atoms with Gasteiger partial charge in [-0.2, -0.15) is 5.26 Å². The fraction of sp³-hybridized carbons (Fsp3) is 0.235. The molecule has 0 aliphatic carbocycles. The molecule has 2 aromatic carbocycles. The molecule has 0 aliphatic rings. The van der Waals surface area contributed by atoms with Gasteiger partial charge in [0.1, 0.15) is 0 Å². The SMILES string of the molecule is C[C@@H](O)c1ccc(C#N)cc1N(C)Cc1ccccc1Br. The fourth-order valence-corrected chi connectivity index (χ4v) is 2.67. The van der Waals surface area contributed by atoms with Gasteiger partial charge in [-0.1, -0.05) is 40.2 Å². The number of halogens is 1. The lowest BCUT2D eigenvalue weighted by Crippen LogP contribution is -2.19. The number of aliphatic hydroxyl groups is 1. The lowest BCUT2D eigenvalue weighted by Gasteiger charge is -2.24. The number of hydrogen-bond donors (Lipinski definition) is 1. The predicted molar refractivity (Wildman–Crippen MR) is 88.0 cm³/mol. The minimum absolute atomic E-state index is 0.575. The molecule has 2 aromatic rings. The third-order valence-corrected chi connectivity index (χ3v) is 4.16. The average molecular weight is 345 g/mol. The monoisotopic (exact) mass is 344 g/mol. The minimum atomic E-state index is -0.575. The maximum atomic E-state index is 9.92. The summed E-state index contributed by atoms with van der Waals surface area (Å²) in [5.74, 6) is 0. The van der Waals surface area contributed by atoms with Crippen molar-refractivity contribution < 1.29 is 5.11 Å². The van der Waals surface area contributed by atoms with E-state index in [9.17, 15) is 5.11 Å². The molecule has 0 saturated heterocycles. The zero-order valence-corrected chi connectivity index (χ0v) is 13.6. The maximum absolute atomic E-state index is 9.92. The third-order valence-electron chi connectivity index (χ3n) is 3.39. The van der Waals surface area contributed by atoms with Crippen LogP contribution in [-0.2, 0) is 6.54 Å². The Labute approximate surface area is 133 Å². The van der Waals surface area contributed by atoms with Gasteiger partial charge in [0.25, 0.3) is 0 Å². The van der Waals surface area contributed by atoms with Crippen molar-refractivity contribution in [1.29, 1.82) is 5.26 Å². The molecule has 21 heavy (non-hydrogen) atoms. The Morgan fingerprint density at radius 2 is 2.00 bits per heavy atom. The van der Waals surface area contributed by atoms with E-state index in [0.717, 1.165) is 21.3 Å². The summed E-state index contributed by atoms with van der Waals surface area (Å²) >= 11 is 3.54. The van der Waals surface area contributed by atoms with Gasteiger partial charge in [0.15, 0.2) is 0 Å². The second-order valence-electron chi connectivity index (χ2n) is 5.01. The standard InChI is InChI=1S/C17H17BrN2O/c1-12(21)15-8-7-13(10-19)9-17(15)20(2)11-14-5-3-4-6-16(14)18/h3-9,12,21H,11H2,1-2H3/t12-/m1/s1. The van der Waals surface area contributed by atoms with Gasteiger partial charge in [0.2, 0.25) is 0 Å². The Bertz CT molecular complexity index is 677. The van der Waals surface area contributed by atoms with Crippen LogP contribution in [0.2, 0.25) is 0 Å². The topological polar surface area (TPSA) is 47.3 Å². The second kappa shape index (κ2) is 6.75. The summed E-state index contributed by atoms with van der Waals surface area (Å²) in [4.78, 5) is 2.04. The molecule has 0 bridgehead atoms. The lowest BCUT2D eigenvalue weighted by molar-refractivity contribution is 0.199. The van der Waals surface area contributed by atoms with Crippen molar-refractivity contribution in [2.45, 2.75) is 19.6 Å². The number of nitriles is 1. The first-order valence-electron chi connectivity index (χ1n) is 6.69. The van der Waals surface area contributed by atoms with Crippen LogP contribution in [-0.4, -0.2) is 12.2 Å². The summed E-state index contributed by atoms with van der Waals surface area (Å²) in [5.41, 5.74) is 3.44. The van der Waals surface area contributed by atoms with Gasteiger partial charge in [-0.05, 0) is 30.7 Å². The van der Waals surface area contributed by atoms with Crippen molar-refractivity contribution in [3.8, 4) is 6.07 Å². The molecule has 0 fully saturated rings. The highest BCUT2D eigenvalue weighted by Gasteiger charge is 2.13. The summed E-state index contributed by atoms with van der Waals surface area (Å²) < 4.78 is 1.05. The molecule has 4 heteroatoms. The van der Waals surface area contributed by atoms with E-state index < -0.39 is 6.10 Å². The summed E-state index contributed by atoms with van der Waals surface area (Å²) in [6, 6.07) is 15.5. The van der Waals surface area contributed by atoms with E-state index >= 15 is 0 Å². The highest BCUT2D eigenvalue weighted by molar-refractivity contribution is 9.10. The van der Waals surface area contributed by atoms with Crippen LogP contribution in [0.1, 0.15) is 29.7 Å². The van der Waals surface area contributed by atoms with Crippen molar-refractivity contribution in [2.75, 3.05) is 11.9 Å². The van der Waals surface area contributed by atoms with Crippen molar-refractivity contribution in [3.63, 3.8) is 0 Å². The quantitative estimate of drug-likeness (QED) is 0.911. The summed E-state index contributed by atoms with van der Waals surface area (Å²) in [6.07, 6.45) is -0.575. The minimum Gasteiger partial charge on any atom is -0.389 e. The van der Waals surface area contributed by atoms with Crippen LogP contribution in [0.3, 0.4) is 0 Å². The lowest BCUT2D eigenvalue weighted by atomic mass is 10.0. The Morgan fingerprint density at radius 1 is 1.29 bits per heavy atom. The van der Waals surface area contributed by atoms with Gasteiger partial charge in [-0.25, -0.2) is 0 Å². The molecule has 1 N–H and O–H groups in total. The van der Waals surface area contributed by atoms with Crippen LogP contribution >= 0.6 is 15.9 Å². The normalized spacial score (nSPS) is 11.8. The summed E-state index contributed by atoms with van der Waals surface area (Å²) in [5, 5.41) is 19.0. The van der Waals surface area contributed by atoms with Crippen molar-refractivity contribution >= 4 is 21.6 Å². The highest BCUT2D eigenvalue weighted by Crippen LogP contribution is 2.29. The second-order valence-corrected chi connectivity index (χ2v) is 5.86. The number of hydrogen-bond acceptors (Lipinski definition) is 3. The fourth-order valence-electron chi connectivity index (χ4n) is 2.26. The Morgan fingerprint density at radius 3 is 2.62 bits per heavy atom. The van der Waals surface area contributed by atoms with E-state index in [-0.39, 0.29) is 0 Å². The zero-order chi connectivity index (χ0) is 15.4.